The molecule has 3 heteroatoms. The van der Waals surface area contributed by atoms with Crippen molar-refractivity contribution in [3.63, 3.8) is 0 Å². The maximum atomic E-state index is 8.74. The fourth-order valence-electron chi connectivity index (χ4n) is 1.63. The van der Waals surface area contributed by atoms with Crippen LogP contribution in [0.4, 0.5) is 5.69 Å². The van der Waals surface area contributed by atoms with Crippen molar-refractivity contribution in [2.45, 2.75) is 23.1 Å². The summed E-state index contributed by atoms with van der Waals surface area (Å²) in [6.07, 6.45) is 0.355. The van der Waals surface area contributed by atoms with E-state index in [1.807, 2.05) is 18.2 Å². The van der Waals surface area contributed by atoms with Crippen LogP contribution in [0.5, 0.6) is 0 Å². The molecule has 90 valence electrons. The number of hydrogen-bond acceptors (Lipinski definition) is 3. The third kappa shape index (κ3) is 3.06. The monoisotopic (exact) mass is 254 g/mol. The Balaban J connectivity index is 2.22. The van der Waals surface area contributed by atoms with Crippen molar-refractivity contribution in [1.29, 1.82) is 5.26 Å². The normalized spacial score (nSPS) is 10.0. The highest BCUT2D eigenvalue weighted by Gasteiger charge is 2.02. The van der Waals surface area contributed by atoms with Crippen LogP contribution >= 0.6 is 11.8 Å². The van der Waals surface area contributed by atoms with Gasteiger partial charge in [-0.1, -0.05) is 29.5 Å². The fraction of sp³-hybridized carbons (Fsp3) is 0.133. The van der Waals surface area contributed by atoms with E-state index >= 15 is 0 Å². The topological polar surface area (TPSA) is 49.8 Å². The van der Waals surface area contributed by atoms with Crippen molar-refractivity contribution in [3.8, 4) is 6.07 Å². The van der Waals surface area contributed by atoms with Crippen molar-refractivity contribution in [3.05, 3.63) is 53.6 Å². The lowest BCUT2D eigenvalue weighted by Crippen LogP contribution is -1.93. The molecule has 0 heterocycles. The number of benzene rings is 2. The Kier molecular flexibility index (Phi) is 3.91. The van der Waals surface area contributed by atoms with E-state index in [1.54, 1.807) is 11.8 Å². The Morgan fingerprint density at radius 2 is 1.78 bits per heavy atom. The first kappa shape index (κ1) is 12.5. The maximum absolute atomic E-state index is 8.74. The largest absolute Gasteiger partial charge is 0.398 e. The second kappa shape index (κ2) is 5.61. The van der Waals surface area contributed by atoms with Crippen LogP contribution in [0.25, 0.3) is 0 Å². The van der Waals surface area contributed by atoms with Gasteiger partial charge in [0.15, 0.2) is 0 Å². The van der Waals surface area contributed by atoms with E-state index in [9.17, 15) is 0 Å². The molecule has 0 aliphatic heterocycles. The minimum Gasteiger partial charge on any atom is -0.398 e. The van der Waals surface area contributed by atoms with E-state index in [0.717, 1.165) is 10.5 Å². The van der Waals surface area contributed by atoms with Crippen LogP contribution in [0.1, 0.15) is 11.1 Å². The second-order valence-electron chi connectivity index (χ2n) is 4.11. The summed E-state index contributed by atoms with van der Waals surface area (Å²) in [5.41, 5.74) is 8.66. The molecule has 0 unspecified atom stereocenters. The van der Waals surface area contributed by atoms with Gasteiger partial charge in [0.2, 0.25) is 0 Å². The molecule has 0 amide bonds. The van der Waals surface area contributed by atoms with Gasteiger partial charge in [-0.05, 0) is 42.8 Å². The molecule has 0 radical (unpaired) electrons. The van der Waals surface area contributed by atoms with Gasteiger partial charge < -0.3 is 5.73 Å². The summed E-state index contributed by atoms with van der Waals surface area (Å²) in [4.78, 5) is 2.30. The predicted octanol–water partition coefficient (Wildman–Crippen LogP) is 3.79. The van der Waals surface area contributed by atoms with Gasteiger partial charge in [-0.2, -0.15) is 5.26 Å². The SMILES string of the molecule is Cc1ccc(Sc2ccc(N)c(CC#N)c2)cc1. The highest BCUT2D eigenvalue weighted by atomic mass is 32.2. The molecule has 2 aromatic rings. The van der Waals surface area contributed by atoms with Crippen LogP contribution in [0.15, 0.2) is 52.3 Å². The minimum atomic E-state index is 0.355. The van der Waals surface area contributed by atoms with Gasteiger partial charge in [-0.25, -0.2) is 0 Å². The van der Waals surface area contributed by atoms with E-state index in [0.29, 0.717) is 12.1 Å². The number of nitrogen functional groups attached to an aromatic ring is 1. The minimum absolute atomic E-state index is 0.355. The van der Waals surface area contributed by atoms with Crippen molar-refractivity contribution in [2.24, 2.45) is 0 Å². The number of nitrogens with two attached hydrogens (primary N) is 1. The summed E-state index contributed by atoms with van der Waals surface area (Å²) in [7, 11) is 0. The Bertz CT molecular complexity index is 582. The number of anilines is 1. The number of nitrogens with zero attached hydrogens (tertiary/aromatic N) is 1. The van der Waals surface area contributed by atoms with E-state index in [1.165, 1.54) is 10.5 Å². The van der Waals surface area contributed by atoms with E-state index in [4.69, 9.17) is 11.0 Å². The zero-order valence-corrected chi connectivity index (χ0v) is 11.0. The molecule has 0 spiro atoms. The van der Waals surface area contributed by atoms with Crippen molar-refractivity contribution in [1.82, 2.24) is 0 Å². The molecule has 2 N–H and O–H groups in total. The number of hydrogen-bond donors (Lipinski definition) is 1. The maximum Gasteiger partial charge on any atom is 0.0670 e. The Hall–Kier alpha value is -1.92. The average Bonchev–Trinajstić information content (AvgIpc) is 2.37. The zero-order valence-electron chi connectivity index (χ0n) is 10.2. The third-order valence-electron chi connectivity index (χ3n) is 2.64. The Morgan fingerprint density at radius 3 is 2.44 bits per heavy atom. The number of nitriles is 1. The summed E-state index contributed by atoms with van der Waals surface area (Å²) in [5.74, 6) is 0. The summed E-state index contributed by atoms with van der Waals surface area (Å²) < 4.78 is 0. The van der Waals surface area contributed by atoms with Gasteiger partial charge >= 0.3 is 0 Å². The molecular formula is C15H14N2S. The van der Waals surface area contributed by atoms with Crippen molar-refractivity contribution in [2.75, 3.05) is 5.73 Å². The summed E-state index contributed by atoms with van der Waals surface area (Å²) in [5, 5.41) is 8.74. The molecule has 2 aromatic carbocycles. The molecule has 0 aliphatic rings. The van der Waals surface area contributed by atoms with Crippen LogP contribution in [-0.4, -0.2) is 0 Å². The molecule has 0 fully saturated rings. The molecule has 18 heavy (non-hydrogen) atoms. The van der Waals surface area contributed by atoms with Crippen molar-refractivity contribution >= 4 is 17.4 Å². The van der Waals surface area contributed by atoms with Gasteiger partial charge in [0.1, 0.15) is 0 Å². The lowest BCUT2D eigenvalue weighted by molar-refractivity contribution is 1.23. The Morgan fingerprint density at radius 1 is 1.11 bits per heavy atom. The van der Waals surface area contributed by atoms with E-state index in [-0.39, 0.29) is 0 Å². The molecule has 0 aromatic heterocycles. The van der Waals surface area contributed by atoms with Crippen LogP contribution in [-0.2, 0) is 6.42 Å². The quantitative estimate of drug-likeness (QED) is 0.848. The smallest absolute Gasteiger partial charge is 0.0670 e. The van der Waals surface area contributed by atoms with Crippen molar-refractivity contribution < 1.29 is 0 Å². The van der Waals surface area contributed by atoms with E-state index < -0.39 is 0 Å². The Labute approximate surface area is 111 Å². The molecular weight excluding hydrogens is 240 g/mol. The number of rotatable bonds is 3. The van der Waals surface area contributed by atoms with Gasteiger partial charge in [0.25, 0.3) is 0 Å². The number of aryl methyl sites for hydroxylation is 1. The van der Waals surface area contributed by atoms with Crippen LogP contribution in [0.3, 0.4) is 0 Å². The highest BCUT2D eigenvalue weighted by Crippen LogP contribution is 2.30. The van der Waals surface area contributed by atoms with E-state index in [2.05, 4.69) is 37.3 Å². The second-order valence-corrected chi connectivity index (χ2v) is 5.26. The molecule has 0 saturated carbocycles. The molecule has 0 bridgehead atoms. The molecule has 2 nitrogen and oxygen atoms in total. The standard InChI is InChI=1S/C15H14N2S/c1-11-2-4-13(5-3-11)18-14-6-7-15(17)12(10-14)8-9-16/h2-7,10H,8,17H2,1H3. The lowest BCUT2D eigenvalue weighted by Gasteiger charge is -2.06. The molecule has 0 aliphatic carbocycles. The first-order valence-electron chi connectivity index (χ1n) is 5.69. The zero-order chi connectivity index (χ0) is 13.0. The van der Waals surface area contributed by atoms with Crippen LogP contribution in [0.2, 0.25) is 0 Å². The lowest BCUT2D eigenvalue weighted by atomic mass is 10.1. The predicted molar refractivity (Wildman–Crippen MR) is 75.5 cm³/mol. The average molecular weight is 254 g/mol. The first-order chi connectivity index (χ1) is 8.69. The summed E-state index contributed by atoms with van der Waals surface area (Å²) >= 11 is 1.68. The van der Waals surface area contributed by atoms with Gasteiger partial charge in [-0.15, -0.1) is 0 Å². The highest BCUT2D eigenvalue weighted by molar-refractivity contribution is 7.99. The van der Waals surface area contributed by atoms with Crippen LogP contribution in [0, 0.1) is 18.3 Å². The van der Waals surface area contributed by atoms with Crippen LogP contribution < -0.4 is 5.73 Å². The first-order valence-corrected chi connectivity index (χ1v) is 6.50. The molecule has 0 saturated heterocycles. The van der Waals surface area contributed by atoms with Gasteiger partial charge in [0, 0.05) is 15.5 Å². The third-order valence-corrected chi connectivity index (χ3v) is 3.64. The molecule has 0 atom stereocenters. The molecule has 2 rings (SSSR count). The summed E-state index contributed by atoms with van der Waals surface area (Å²) in [6.45, 7) is 2.07. The van der Waals surface area contributed by atoms with Gasteiger partial charge in [-0.3, -0.25) is 0 Å². The van der Waals surface area contributed by atoms with Gasteiger partial charge in [0.05, 0.1) is 12.5 Å². The fourth-order valence-corrected chi connectivity index (χ4v) is 2.51. The summed E-state index contributed by atoms with van der Waals surface area (Å²) in [6, 6.07) is 16.4.